The maximum atomic E-state index is 14.3. The van der Waals surface area contributed by atoms with Crippen molar-refractivity contribution in [3.63, 3.8) is 0 Å². The topological polar surface area (TPSA) is 38.0 Å². The number of alkyl halides is 1. The quantitative estimate of drug-likeness (QED) is 0.840. The average molecular weight is 247 g/mol. The molecule has 1 aliphatic heterocycles. The fourth-order valence-corrected chi connectivity index (χ4v) is 2.14. The van der Waals surface area contributed by atoms with Crippen LogP contribution in [0, 0.1) is 5.82 Å². The predicted molar refractivity (Wildman–Crippen MR) is 59.7 cm³/mol. The molecular weight excluding hydrogens is 234 g/mol. The largest absolute Gasteiger partial charge is 0.321 e. The van der Waals surface area contributed by atoms with E-state index >= 15 is 0 Å². The third-order valence-electron chi connectivity index (χ3n) is 3.00. The zero-order valence-corrected chi connectivity index (χ0v) is 9.40. The summed E-state index contributed by atoms with van der Waals surface area (Å²) in [6.45, 7) is 0.836. The van der Waals surface area contributed by atoms with Crippen molar-refractivity contribution in [3.05, 3.63) is 34.6 Å². The van der Waals surface area contributed by atoms with Crippen LogP contribution < -0.4 is 11.1 Å². The first-order valence-electron chi connectivity index (χ1n) is 5.13. The van der Waals surface area contributed by atoms with E-state index < -0.39 is 17.5 Å². The molecule has 88 valence electrons. The van der Waals surface area contributed by atoms with Gasteiger partial charge in [0.25, 0.3) is 0 Å². The molecule has 0 amide bonds. The van der Waals surface area contributed by atoms with E-state index in [-0.39, 0.29) is 11.6 Å². The van der Waals surface area contributed by atoms with Gasteiger partial charge in [-0.1, -0.05) is 17.7 Å². The van der Waals surface area contributed by atoms with Gasteiger partial charge in [-0.15, -0.1) is 0 Å². The number of nitrogens with two attached hydrogens (primary N) is 1. The van der Waals surface area contributed by atoms with Crippen LogP contribution >= 0.6 is 11.6 Å². The second-order valence-corrected chi connectivity index (χ2v) is 4.52. The van der Waals surface area contributed by atoms with E-state index in [0.717, 1.165) is 0 Å². The zero-order valence-electron chi connectivity index (χ0n) is 8.64. The summed E-state index contributed by atoms with van der Waals surface area (Å²) in [5.41, 5.74) is 4.91. The van der Waals surface area contributed by atoms with Gasteiger partial charge >= 0.3 is 0 Å². The van der Waals surface area contributed by atoms with Crippen LogP contribution in [0.15, 0.2) is 18.2 Å². The molecule has 3 N–H and O–H groups in total. The lowest BCUT2D eigenvalue weighted by molar-refractivity contribution is 0.150. The van der Waals surface area contributed by atoms with Crippen LogP contribution in [0.4, 0.5) is 8.78 Å². The van der Waals surface area contributed by atoms with Gasteiger partial charge in [-0.2, -0.15) is 0 Å². The highest BCUT2D eigenvalue weighted by molar-refractivity contribution is 6.30. The van der Waals surface area contributed by atoms with Crippen LogP contribution in [0.3, 0.4) is 0 Å². The summed E-state index contributed by atoms with van der Waals surface area (Å²) in [6, 6.07) is 3.30. The van der Waals surface area contributed by atoms with Crippen LogP contribution in [0.2, 0.25) is 5.02 Å². The molecule has 0 bridgehead atoms. The molecule has 1 aromatic rings. The SMILES string of the molecule is N[C@H](c1ccc(F)c(Cl)c1)[C@]1(F)CCNC1. The molecule has 2 rings (SSSR count). The Hall–Kier alpha value is -0.710. The lowest BCUT2D eigenvalue weighted by atomic mass is 9.90. The highest BCUT2D eigenvalue weighted by Crippen LogP contribution is 2.34. The monoisotopic (exact) mass is 246 g/mol. The molecule has 1 aliphatic rings. The van der Waals surface area contributed by atoms with E-state index in [1.54, 1.807) is 0 Å². The molecule has 2 atom stereocenters. The normalized spacial score (nSPS) is 27.0. The highest BCUT2D eigenvalue weighted by Gasteiger charge is 2.40. The first-order valence-corrected chi connectivity index (χ1v) is 5.51. The number of nitrogens with one attached hydrogen (secondary N) is 1. The van der Waals surface area contributed by atoms with Crippen molar-refractivity contribution in [1.82, 2.24) is 5.32 Å². The van der Waals surface area contributed by atoms with Gasteiger partial charge in [-0.25, -0.2) is 8.78 Å². The van der Waals surface area contributed by atoms with Crippen LogP contribution in [0.25, 0.3) is 0 Å². The molecule has 0 spiro atoms. The van der Waals surface area contributed by atoms with E-state index in [0.29, 0.717) is 18.5 Å². The summed E-state index contributed by atoms with van der Waals surface area (Å²) in [5.74, 6) is -0.518. The summed E-state index contributed by atoms with van der Waals surface area (Å²) in [7, 11) is 0. The zero-order chi connectivity index (χ0) is 11.8. The molecule has 0 aliphatic carbocycles. The van der Waals surface area contributed by atoms with E-state index in [2.05, 4.69) is 5.32 Å². The molecule has 0 aromatic heterocycles. The fourth-order valence-electron chi connectivity index (χ4n) is 1.95. The maximum Gasteiger partial charge on any atom is 0.143 e. The van der Waals surface area contributed by atoms with Crippen molar-refractivity contribution in [2.45, 2.75) is 18.1 Å². The average Bonchev–Trinajstić information content (AvgIpc) is 2.70. The van der Waals surface area contributed by atoms with Crippen molar-refractivity contribution in [3.8, 4) is 0 Å². The van der Waals surface area contributed by atoms with Gasteiger partial charge in [-0.05, 0) is 30.7 Å². The number of rotatable bonds is 2. The first-order chi connectivity index (χ1) is 7.53. The van der Waals surface area contributed by atoms with E-state index in [1.807, 2.05) is 0 Å². The molecule has 5 heteroatoms. The third kappa shape index (κ3) is 2.05. The number of benzene rings is 1. The number of hydrogen-bond acceptors (Lipinski definition) is 2. The number of halogens is 3. The molecule has 2 nitrogen and oxygen atoms in total. The Morgan fingerprint density at radius 1 is 1.50 bits per heavy atom. The van der Waals surface area contributed by atoms with E-state index in [4.69, 9.17) is 17.3 Å². The van der Waals surface area contributed by atoms with Gasteiger partial charge in [0, 0.05) is 6.54 Å². The fraction of sp³-hybridized carbons (Fsp3) is 0.455. The molecular formula is C11H13ClF2N2. The molecule has 1 saturated heterocycles. The summed E-state index contributed by atoms with van der Waals surface area (Å²) in [4.78, 5) is 0. The second-order valence-electron chi connectivity index (χ2n) is 4.11. The Labute approximate surface area is 97.8 Å². The van der Waals surface area contributed by atoms with E-state index in [1.165, 1.54) is 18.2 Å². The molecule has 16 heavy (non-hydrogen) atoms. The lowest BCUT2D eigenvalue weighted by Gasteiger charge is -2.26. The predicted octanol–water partition coefficient (Wildman–Crippen LogP) is 2.18. The minimum atomic E-state index is -1.47. The third-order valence-corrected chi connectivity index (χ3v) is 3.29. The molecule has 0 radical (unpaired) electrons. The Kier molecular flexibility index (Phi) is 3.15. The van der Waals surface area contributed by atoms with Crippen molar-refractivity contribution in [1.29, 1.82) is 0 Å². The highest BCUT2D eigenvalue weighted by atomic mass is 35.5. The van der Waals surface area contributed by atoms with Gasteiger partial charge in [0.05, 0.1) is 11.1 Å². The smallest absolute Gasteiger partial charge is 0.143 e. The Balaban J connectivity index is 2.26. The van der Waals surface area contributed by atoms with Gasteiger partial charge in [0.2, 0.25) is 0 Å². The standard InChI is InChI=1S/C11H13ClF2N2/c12-8-5-7(1-2-9(8)13)10(15)11(14)3-4-16-6-11/h1-2,5,10,16H,3-4,6,15H2/t10-,11+/m1/s1. The minimum Gasteiger partial charge on any atom is -0.321 e. The second kappa shape index (κ2) is 4.28. The summed E-state index contributed by atoms with van der Waals surface area (Å²) in [6.07, 6.45) is 0.364. The lowest BCUT2D eigenvalue weighted by Crippen LogP contribution is -2.39. The minimum absolute atomic E-state index is 0.0255. The van der Waals surface area contributed by atoms with Crippen molar-refractivity contribution < 1.29 is 8.78 Å². The van der Waals surface area contributed by atoms with Crippen molar-refractivity contribution >= 4 is 11.6 Å². The van der Waals surface area contributed by atoms with Crippen molar-refractivity contribution in [2.24, 2.45) is 5.73 Å². The molecule has 1 fully saturated rings. The van der Waals surface area contributed by atoms with Crippen LogP contribution in [-0.2, 0) is 0 Å². The maximum absolute atomic E-state index is 14.3. The molecule has 0 saturated carbocycles. The van der Waals surface area contributed by atoms with Crippen molar-refractivity contribution in [2.75, 3.05) is 13.1 Å². The molecule has 1 aromatic carbocycles. The van der Waals surface area contributed by atoms with Gasteiger partial charge in [0.15, 0.2) is 0 Å². The Morgan fingerprint density at radius 2 is 2.25 bits per heavy atom. The van der Waals surface area contributed by atoms with Crippen LogP contribution in [0.5, 0.6) is 0 Å². The van der Waals surface area contributed by atoms with E-state index in [9.17, 15) is 8.78 Å². The number of hydrogen-bond donors (Lipinski definition) is 2. The Morgan fingerprint density at radius 3 is 2.81 bits per heavy atom. The summed E-state index contributed by atoms with van der Waals surface area (Å²) < 4.78 is 27.3. The van der Waals surface area contributed by atoms with Crippen LogP contribution in [0.1, 0.15) is 18.0 Å². The first kappa shape index (κ1) is 11.8. The van der Waals surface area contributed by atoms with Gasteiger partial charge in [0.1, 0.15) is 11.5 Å². The molecule has 0 unspecified atom stereocenters. The molecule has 1 heterocycles. The summed E-state index contributed by atoms with van der Waals surface area (Å²) in [5, 5.41) is 2.90. The van der Waals surface area contributed by atoms with Gasteiger partial charge < -0.3 is 11.1 Å². The Bertz CT molecular complexity index is 392. The van der Waals surface area contributed by atoms with Crippen LogP contribution in [-0.4, -0.2) is 18.8 Å². The summed E-state index contributed by atoms with van der Waals surface area (Å²) >= 11 is 5.64. The van der Waals surface area contributed by atoms with Gasteiger partial charge in [-0.3, -0.25) is 0 Å².